The molecule has 2 aromatic carbocycles. The van der Waals surface area contributed by atoms with E-state index in [4.69, 9.17) is 4.74 Å². The number of rotatable bonds is 16. The zero-order chi connectivity index (χ0) is 24.9. The van der Waals surface area contributed by atoms with Gasteiger partial charge in [-0.15, -0.1) is 0 Å². The van der Waals surface area contributed by atoms with Crippen LogP contribution in [0.15, 0.2) is 60.7 Å². The second-order valence-electron chi connectivity index (χ2n) is 9.43. The van der Waals surface area contributed by atoms with Crippen LogP contribution in [-0.4, -0.2) is 35.7 Å². The quantitative estimate of drug-likeness (QED) is 0.205. The van der Waals surface area contributed by atoms with Crippen LogP contribution in [-0.2, 0) is 25.2 Å². The zero-order valence-electron chi connectivity index (χ0n) is 20.9. The largest absolute Gasteiger partial charge is 0.481 e. The molecule has 2 atom stereocenters. The van der Waals surface area contributed by atoms with Crippen LogP contribution < -0.4 is 0 Å². The summed E-state index contributed by atoms with van der Waals surface area (Å²) >= 11 is 1.97. The van der Waals surface area contributed by atoms with Crippen molar-refractivity contribution < 1.29 is 19.4 Å². The number of unbranched alkanes of at least 4 members (excludes halogenated alkanes) is 4. The molecule has 0 aromatic heterocycles. The van der Waals surface area contributed by atoms with Crippen LogP contribution in [0.5, 0.6) is 0 Å². The normalized spacial score (nSPS) is 14.7. The van der Waals surface area contributed by atoms with Gasteiger partial charge in [0.15, 0.2) is 0 Å². The fraction of sp³-hybridized carbons (Fsp3) is 0.517. The SMILES string of the molecule is COC(=O)C(C)(CCCCCSCCCCCC(C)(C(=O)O)c1ccccc1)c1ccccc1. The Morgan fingerprint density at radius 1 is 0.735 bits per heavy atom. The van der Waals surface area contributed by atoms with Crippen LogP contribution >= 0.6 is 11.8 Å². The molecule has 2 aromatic rings. The summed E-state index contributed by atoms with van der Waals surface area (Å²) in [5.74, 6) is 1.32. The third-order valence-corrected chi connectivity index (χ3v) is 8.02. The van der Waals surface area contributed by atoms with Crippen molar-refractivity contribution >= 4 is 23.7 Å². The first-order valence-corrected chi connectivity index (χ1v) is 13.5. The molecule has 0 spiro atoms. The number of methoxy groups -OCH3 is 1. The molecule has 5 heteroatoms. The van der Waals surface area contributed by atoms with E-state index in [0.29, 0.717) is 6.42 Å². The molecule has 0 amide bonds. The predicted octanol–water partition coefficient (Wildman–Crippen LogP) is 7.01. The number of thioether (sulfide) groups is 1. The minimum atomic E-state index is -0.813. The molecular formula is C29H40O4S. The van der Waals surface area contributed by atoms with Gasteiger partial charge in [-0.2, -0.15) is 11.8 Å². The Labute approximate surface area is 209 Å². The summed E-state index contributed by atoms with van der Waals surface area (Å²) in [6.07, 6.45) is 7.77. The van der Waals surface area contributed by atoms with Gasteiger partial charge in [-0.3, -0.25) is 9.59 Å². The summed E-state index contributed by atoms with van der Waals surface area (Å²) < 4.78 is 5.10. The molecule has 34 heavy (non-hydrogen) atoms. The summed E-state index contributed by atoms with van der Waals surface area (Å²) in [6.45, 7) is 3.82. The third kappa shape index (κ3) is 7.90. The Hall–Kier alpha value is -2.27. The molecule has 0 fully saturated rings. The molecule has 0 aliphatic heterocycles. The van der Waals surface area contributed by atoms with Gasteiger partial charge in [0.1, 0.15) is 0 Å². The van der Waals surface area contributed by atoms with Crippen LogP contribution in [0.4, 0.5) is 0 Å². The Balaban J connectivity index is 1.60. The highest BCUT2D eigenvalue weighted by molar-refractivity contribution is 7.99. The molecule has 0 bridgehead atoms. The van der Waals surface area contributed by atoms with E-state index in [2.05, 4.69) is 0 Å². The van der Waals surface area contributed by atoms with Gasteiger partial charge in [-0.05, 0) is 62.2 Å². The van der Waals surface area contributed by atoms with Gasteiger partial charge in [0, 0.05) is 0 Å². The maximum absolute atomic E-state index is 12.4. The minimum Gasteiger partial charge on any atom is -0.481 e. The zero-order valence-corrected chi connectivity index (χ0v) is 21.7. The molecule has 0 aliphatic carbocycles. The van der Waals surface area contributed by atoms with Crippen molar-refractivity contribution in [2.75, 3.05) is 18.6 Å². The lowest BCUT2D eigenvalue weighted by Crippen LogP contribution is -2.33. The van der Waals surface area contributed by atoms with E-state index >= 15 is 0 Å². The number of esters is 1. The summed E-state index contributed by atoms with van der Waals surface area (Å²) in [5.41, 5.74) is 0.496. The first-order valence-electron chi connectivity index (χ1n) is 12.4. The number of carboxylic acid groups (broad SMARTS) is 1. The smallest absolute Gasteiger partial charge is 0.315 e. The molecular weight excluding hydrogens is 444 g/mol. The van der Waals surface area contributed by atoms with Crippen LogP contribution in [0.1, 0.15) is 76.3 Å². The summed E-state index contributed by atoms with van der Waals surface area (Å²) in [6, 6.07) is 19.5. The average molecular weight is 485 g/mol. The standard InChI is InChI=1S/C29H40O4S/c1-28(26(30)31,24-16-8-4-9-17-24)20-12-6-14-22-34-23-15-7-13-21-29(2,27(32)33-3)25-18-10-5-11-19-25/h4-5,8-11,16-19H,6-7,12-15,20-23H2,1-3H3,(H,30,31). The fourth-order valence-corrected chi connectivity index (χ4v) is 5.42. The van der Waals surface area contributed by atoms with Crippen molar-refractivity contribution in [2.24, 2.45) is 0 Å². The molecule has 0 saturated heterocycles. The molecule has 0 aliphatic rings. The molecule has 1 N–H and O–H groups in total. The highest BCUT2D eigenvalue weighted by Crippen LogP contribution is 2.32. The predicted molar refractivity (Wildman–Crippen MR) is 142 cm³/mol. The summed E-state index contributed by atoms with van der Waals surface area (Å²) in [4.78, 5) is 24.3. The number of carboxylic acids is 1. The lowest BCUT2D eigenvalue weighted by atomic mass is 9.78. The summed E-state index contributed by atoms with van der Waals surface area (Å²) in [5, 5.41) is 9.76. The van der Waals surface area contributed by atoms with E-state index in [1.54, 1.807) is 0 Å². The van der Waals surface area contributed by atoms with Crippen molar-refractivity contribution in [3.8, 4) is 0 Å². The first kappa shape index (κ1) is 28.0. The first-order chi connectivity index (χ1) is 16.3. The Morgan fingerprint density at radius 3 is 1.62 bits per heavy atom. The Morgan fingerprint density at radius 2 is 1.18 bits per heavy atom. The molecule has 4 nitrogen and oxygen atoms in total. The van der Waals surface area contributed by atoms with Crippen LogP contribution in [0.3, 0.4) is 0 Å². The average Bonchev–Trinajstić information content (AvgIpc) is 2.87. The van der Waals surface area contributed by atoms with Crippen molar-refractivity contribution in [3.05, 3.63) is 71.8 Å². The number of carbonyl (C=O) groups excluding carboxylic acids is 1. The van der Waals surface area contributed by atoms with Gasteiger partial charge in [0.25, 0.3) is 0 Å². The number of hydrogen-bond acceptors (Lipinski definition) is 4. The van der Waals surface area contributed by atoms with E-state index in [1.807, 2.05) is 86.3 Å². The van der Waals surface area contributed by atoms with Crippen LogP contribution in [0.25, 0.3) is 0 Å². The van der Waals surface area contributed by atoms with Crippen molar-refractivity contribution in [1.29, 1.82) is 0 Å². The van der Waals surface area contributed by atoms with Crippen molar-refractivity contribution in [2.45, 2.75) is 76.0 Å². The van der Waals surface area contributed by atoms with E-state index < -0.39 is 16.8 Å². The van der Waals surface area contributed by atoms with Gasteiger partial charge in [-0.1, -0.05) is 86.3 Å². The lowest BCUT2D eigenvalue weighted by molar-refractivity contribution is -0.147. The van der Waals surface area contributed by atoms with Gasteiger partial charge < -0.3 is 9.84 Å². The molecule has 0 radical (unpaired) electrons. The summed E-state index contributed by atoms with van der Waals surface area (Å²) in [7, 11) is 1.46. The van der Waals surface area contributed by atoms with Crippen LogP contribution in [0, 0.1) is 0 Å². The van der Waals surface area contributed by atoms with Crippen molar-refractivity contribution in [3.63, 3.8) is 0 Å². The number of carbonyl (C=O) groups is 2. The minimum absolute atomic E-state index is 0.167. The van der Waals surface area contributed by atoms with E-state index in [9.17, 15) is 14.7 Å². The highest BCUT2D eigenvalue weighted by atomic mass is 32.2. The molecule has 2 rings (SSSR count). The Bertz CT molecular complexity index is 870. The highest BCUT2D eigenvalue weighted by Gasteiger charge is 2.36. The molecule has 2 unspecified atom stereocenters. The maximum Gasteiger partial charge on any atom is 0.315 e. The van der Waals surface area contributed by atoms with Crippen molar-refractivity contribution in [1.82, 2.24) is 0 Å². The molecule has 186 valence electrons. The number of ether oxygens (including phenoxy) is 1. The number of aliphatic carboxylic acids is 1. The van der Waals surface area contributed by atoms with Crippen LogP contribution in [0.2, 0.25) is 0 Å². The second-order valence-corrected chi connectivity index (χ2v) is 10.7. The second kappa shape index (κ2) is 14.2. The third-order valence-electron chi connectivity index (χ3n) is 6.86. The topological polar surface area (TPSA) is 63.6 Å². The molecule has 0 saturated carbocycles. The monoisotopic (exact) mass is 484 g/mol. The van der Waals surface area contributed by atoms with E-state index in [-0.39, 0.29) is 5.97 Å². The Kier molecular flexibility index (Phi) is 11.7. The molecule has 0 heterocycles. The van der Waals surface area contributed by atoms with E-state index in [1.165, 1.54) is 7.11 Å². The van der Waals surface area contributed by atoms with Gasteiger partial charge in [-0.25, -0.2) is 0 Å². The van der Waals surface area contributed by atoms with E-state index in [0.717, 1.165) is 67.6 Å². The van der Waals surface area contributed by atoms with Gasteiger partial charge in [0.2, 0.25) is 0 Å². The van der Waals surface area contributed by atoms with Gasteiger partial charge >= 0.3 is 11.9 Å². The number of benzene rings is 2. The maximum atomic E-state index is 12.4. The fourth-order valence-electron chi connectivity index (χ4n) is 4.40. The van der Waals surface area contributed by atoms with Gasteiger partial charge in [0.05, 0.1) is 17.9 Å². The lowest BCUT2D eigenvalue weighted by Gasteiger charge is -2.27. The number of hydrogen-bond donors (Lipinski definition) is 1.